The molecule has 0 bridgehead atoms. The van der Waals surface area contributed by atoms with Gasteiger partial charge < -0.3 is 9.40 Å². The molecule has 6 aromatic heterocycles. The summed E-state index contributed by atoms with van der Waals surface area (Å²) in [5.41, 5.74) is 6.45. The summed E-state index contributed by atoms with van der Waals surface area (Å²) >= 11 is 7.89. The van der Waals surface area contributed by atoms with E-state index in [0.29, 0.717) is 17.4 Å². The van der Waals surface area contributed by atoms with Gasteiger partial charge in [0, 0.05) is 4.90 Å². The first kappa shape index (κ1) is 21.6. The van der Waals surface area contributed by atoms with Crippen LogP contribution in [-0.4, -0.2) is 25.0 Å². The Morgan fingerprint density at radius 3 is 2.54 bits per heavy atom. The van der Waals surface area contributed by atoms with Crippen LogP contribution in [0.2, 0.25) is 0 Å². The van der Waals surface area contributed by atoms with Crippen molar-refractivity contribution >= 4 is 109 Å². The molecule has 1 aliphatic rings. The molecule has 0 fully saturated rings. The summed E-state index contributed by atoms with van der Waals surface area (Å²) in [5, 5.41) is 14.2. The average Bonchev–Trinajstić information content (AvgIpc) is 3.71. The van der Waals surface area contributed by atoms with Crippen molar-refractivity contribution in [3.8, 4) is 0 Å². The van der Waals surface area contributed by atoms with Crippen LogP contribution in [0.4, 0.5) is 5.13 Å². The van der Waals surface area contributed by atoms with Crippen LogP contribution >= 0.6 is 57.1 Å². The number of hydrogen-bond donors (Lipinski definition) is 2. The molecule has 0 spiro atoms. The molecule has 1 aromatic carbocycles. The Balaban J connectivity index is 1.39. The number of hydrazone groups is 1. The van der Waals surface area contributed by atoms with E-state index in [0.717, 1.165) is 50.9 Å². The van der Waals surface area contributed by atoms with Crippen molar-refractivity contribution in [3.63, 3.8) is 0 Å². The maximum atomic E-state index is 6.30. The Kier molecular flexibility index (Phi) is 4.98. The van der Waals surface area contributed by atoms with Crippen LogP contribution in [-0.2, 0) is 0 Å². The first-order valence-corrected chi connectivity index (χ1v) is 15.3. The zero-order valence-corrected chi connectivity index (χ0v) is 22.6. The standard InChI is InChI=1S/C24H13N7OS5/c1-2-4-12(5-3-1)36-23-16(18-25-13-6-9-33-20(13)26-18)17(19-27-21-14(32-19)7-10-34-21)31(30-29-23)24-28-22-15(37-24)8-11-35-22/h1-11,30H,(H,25,26). The molecule has 13 heteroatoms. The van der Waals surface area contributed by atoms with Gasteiger partial charge in [0.25, 0.3) is 0 Å². The van der Waals surface area contributed by atoms with Gasteiger partial charge in [-0.1, -0.05) is 41.3 Å². The fourth-order valence-corrected chi connectivity index (χ4v) is 8.22. The number of thiazole rings is 1. The van der Waals surface area contributed by atoms with Gasteiger partial charge in [-0.25, -0.2) is 20.5 Å². The van der Waals surface area contributed by atoms with Crippen LogP contribution in [0.3, 0.4) is 0 Å². The second-order valence-corrected chi connectivity index (χ2v) is 12.7. The number of thiophene rings is 3. The van der Waals surface area contributed by atoms with E-state index in [1.807, 2.05) is 51.5 Å². The number of anilines is 1. The van der Waals surface area contributed by atoms with E-state index in [1.54, 1.807) is 57.1 Å². The lowest BCUT2D eigenvalue weighted by molar-refractivity contribution is 0.575. The van der Waals surface area contributed by atoms with Crippen LogP contribution in [0.1, 0.15) is 11.7 Å². The Morgan fingerprint density at radius 2 is 1.68 bits per heavy atom. The lowest BCUT2D eigenvalue weighted by Crippen LogP contribution is -2.38. The molecule has 0 aliphatic carbocycles. The third kappa shape index (κ3) is 3.61. The second-order valence-electron chi connectivity index (χ2n) is 7.91. The van der Waals surface area contributed by atoms with Crippen LogP contribution < -0.4 is 10.5 Å². The van der Waals surface area contributed by atoms with E-state index >= 15 is 0 Å². The monoisotopic (exact) mass is 575 g/mol. The van der Waals surface area contributed by atoms with E-state index in [4.69, 9.17) is 24.5 Å². The number of thioether (sulfide) groups is 1. The third-order valence-corrected chi connectivity index (χ3v) is 10.2. The molecule has 8 nitrogen and oxygen atoms in total. The highest BCUT2D eigenvalue weighted by atomic mass is 32.2. The molecule has 8 rings (SSSR count). The minimum absolute atomic E-state index is 0.476. The number of fused-ring (bicyclic) bond motifs is 3. The topological polar surface area (TPSA) is 95.2 Å². The van der Waals surface area contributed by atoms with E-state index in [1.165, 1.54) is 0 Å². The largest absolute Gasteiger partial charge is 0.434 e. The van der Waals surface area contributed by atoms with Gasteiger partial charge in [0.2, 0.25) is 11.0 Å². The molecule has 180 valence electrons. The third-order valence-electron chi connectivity index (χ3n) is 5.65. The molecule has 0 atom stereocenters. The normalized spacial score (nSPS) is 14.3. The minimum Gasteiger partial charge on any atom is -0.434 e. The summed E-state index contributed by atoms with van der Waals surface area (Å²) in [6.07, 6.45) is 0. The molecule has 7 heterocycles. The number of aromatic nitrogens is 4. The number of benzene rings is 1. The van der Waals surface area contributed by atoms with Crippen LogP contribution in [0.25, 0.3) is 41.6 Å². The van der Waals surface area contributed by atoms with Crippen molar-refractivity contribution in [3.05, 3.63) is 76.4 Å². The Bertz CT molecular complexity index is 1880. The van der Waals surface area contributed by atoms with Gasteiger partial charge in [-0.05, 0) is 46.5 Å². The second kappa shape index (κ2) is 8.53. The summed E-state index contributed by atoms with van der Waals surface area (Å²) in [5.74, 6) is 1.18. The molecule has 2 N–H and O–H groups in total. The van der Waals surface area contributed by atoms with Crippen molar-refractivity contribution in [2.24, 2.45) is 5.10 Å². The van der Waals surface area contributed by atoms with E-state index in [-0.39, 0.29) is 0 Å². The smallest absolute Gasteiger partial charge is 0.248 e. The lowest BCUT2D eigenvalue weighted by Gasteiger charge is -2.28. The van der Waals surface area contributed by atoms with Crippen molar-refractivity contribution in [2.75, 3.05) is 5.01 Å². The van der Waals surface area contributed by atoms with E-state index in [2.05, 4.69) is 28.7 Å². The summed E-state index contributed by atoms with van der Waals surface area (Å²) < 4.78 is 7.41. The minimum atomic E-state index is 0.476. The van der Waals surface area contributed by atoms with Gasteiger partial charge in [-0.2, -0.15) is 10.1 Å². The molecule has 1 aliphatic heterocycles. The van der Waals surface area contributed by atoms with Gasteiger partial charge in [0.1, 0.15) is 26.2 Å². The van der Waals surface area contributed by atoms with Crippen LogP contribution in [0.5, 0.6) is 0 Å². The molecular formula is C24H13N7OS5. The number of hydrogen-bond acceptors (Lipinski definition) is 12. The highest BCUT2D eigenvalue weighted by Gasteiger charge is 2.34. The first-order chi connectivity index (χ1) is 18.3. The van der Waals surface area contributed by atoms with Crippen molar-refractivity contribution in [2.45, 2.75) is 4.90 Å². The molecule has 0 unspecified atom stereocenters. The average molecular weight is 576 g/mol. The Hall–Kier alpha value is -3.49. The predicted octanol–water partition coefficient (Wildman–Crippen LogP) is 7.50. The fraction of sp³-hybridized carbons (Fsp3) is 0. The molecule has 7 aromatic rings. The number of aromatic amines is 1. The molecule has 37 heavy (non-hydrogen) atoms. The first-order valence-electron chi connectivity index (χ1n) is 11.0. The Labute approximate surface area is 229 Å². The fourth-order valence-electron chi connectivity index (χ4n) is 4.02. The van der Waals surface area contributed by atoms with Gasteiger partial charge in [-0.3, -0.25) is 0 Å². The maximum Gasteiger partial charge on any atom is 0.248 e. The van der Waals surface area contributed by atoms with Crippen LogP contribution in [0.15, 0.2) is 79.1 Å². The SMILES string of the molecule is c1ccc(SC2=NNN(c3nc4sccc4s3)C(c3nc4sccc4o3)=C2c2nc3sccc3[nH]2)cc1. The molecule has 0 radical (unpaired) electrons. The molecule has 0 saturated heterocycles. The summed E-state index contributed by atoms with van der Waals surface area (Å²) in [7, 11) is 0. The van der Waals surface area contributed by atoms with Crippen molar-refractivity contribution < 1.29 is 4.42 Å². The number of nitrogens with zero attached hydrogens (tertiary/aromatic N) is 5. The summed E-state index contributed by atoms with van der Waals surface area (Å²) in [4.78, 5) is 22.0. The van der Waals surface area contributed by atoms with Crippen molar-refractivity contribution in [1.29, 1.82) is 0 Å². The number of rotatable bonds is 4. The van der Waals surface area contributed by atoms with Gasteiger partial charge in [-0.15, -0.1) is 34.0 Å². The Morgan fingerprint density at radius 1 is 0.838 bits per heavy atom. The van der Waals surface area contributed by atoms with Gasteiger partial charge in [0.15, 0.2) is 10.4 Å². The van der Waals surface area contributed by atoms with E-state index < -0.39 is 0 Å². The maximum absolute atomic E-state index is 6.30. The number of nitrogens with one attached hydrogen (secondary N) is 2. The quantitative estimate of drug-likeness (QED) is 0.224. The predicted molar refractivity (Wildman–Crippen MR) is 156 cm³/mol. The summed E-state index contributed by atoms with van der Waals surface area (Å²) in [6.45, 7) is 0. The zero-order chi connectivity index (χ0) is 24.3. The van der Waals surface area contributed by atoms with Crippen molar-refractivity contribution in [1.82, 2.24) is 25.5 Å². The highest BCUT2D eigenvalue weighted by Crippen LogP contribution is 2.42. The lowest BCUT2D eigenvalue weighted by atomic mass is 10.2. The molecule has 0 saturated carbocycles. The molecule has 0 amide bonds. The van der Waals surface area contributed by atoms with E-state index in [9.17, 15) is 0 Å². The van der Waals surface area contributed by atoms with Gasteiger partial charge in [0.05, 0.1) is 15.8 Å². The highest BCUT2D eigenvalue weighted by molar-refractivity contribution is 8.15. The number of oxazole rings is 1. The van der Waals surface area contributed by atoms with Crippen LogP contribution in [0, 0.1) is 0 Å². The number of H-pyrrole nitrogens is 1. The number of hydrazine groups is 1. The summed E-state index contributed by atoms with van der Waals surface area (Å²) in [6, 6.07) is 16.2. The van der Waals surface area contributed by atoms with Gasteiger partial charge >= 0.3 is 0 Å². The molecular weight excluding hydrogens is 563 g/mol. The number of imidazole rings is 1. The zero-order valence-electron chi connectivity index (χ0n) is 18.5.